The molecule has 0 atom stereocenters. The van der Waals surface area contributed by atoms with Crippen LogP contribution in [0, 0.1) is 0 Å². The third kappa shape index (κ3) is 5.97. The largest absolute Gasteiger partial charge is 0.490 e. The van der Waals surface area contributed by atoms with Crippen LogP contribution in [0.2, 0.25) is 0 Å². The minimum absolute atomic E-state index is 0.331. The van der Waals surface area contributed by atoms with Crippen molar-refractivity contribution in [3.8, 4) is 5.75 Å². The molecule has 26 heavy (non-hydrogen) atoms. The lowest BCUT2D eigenvalue weighted by Crippen LogP contribution is -2.35. The normalized spacial score (nSPS) is 15.5. The van der Waals surface area contributed by atoms with E-state index in [0.717, 1.165) is 41.8 Å². The summed E-state index contributed by atoms with van der Waals surface area (Å²) in [5, 5.41) is 7.02. The molecule has 2 aromatic carbocycles. The lowest BCUT2D eigenvalue weighted by Gasteiger charge is -2.29. The van der Waals surface area contributed by atoms with Gasteiger partial charge in [-0.25, -0.2) is 0 Å². The number of anilines is 1. The van der Waals surface area contributed by atoms with E-state index >= 15 is 0 Å². The van der Waals surface area contributed by atoms with Crippen LogP contribution in [0.3, 0.4) is 0 Å². The third-order valence-electron chi connectivity index (χ3n) is 4.45. The highest BCUT2D eigenvalue weighted by atomic mass is 79.9. The van der Waals surface area contributed by atoms with Crippen LogP contribution in [0.4, 0.5) is 5.69 Å². The Hall–Kier alpha value is -1.63. The van der Waals surface area contributed by atoms with Crippen LogP contribution < -0.4 is 15.4 Å². The minimum Gasteiger partial charge on any atom is -0.490 e. The van der Waals surface area contributed by atoms with Crippen molar-refractivity contribution in [2.24, 2.45) is 0 Å². The van der Waals surface area contributed by atoms with E-state index in [1.165, 1.54) is 5.56 Å². The summed E-state index contributed by atoms with van der Waals surface area (Å²) in [5.41, 5.74) is 2.13. The molecular formula is C20H24BrN3OS. The highest BCUT2D eigenvalue weighted by Gasteiger charge is 2.17. The van der Waals surface area contributed by atoms with E-state index in [1.54, 1.807) is 0 Å². The Bertz CT molecular complexity index is 713. The van der Waals surface area contributed by atoms with Gasteiger partial charge in [0.2, 0.25) is 0 Å². The zero-order valence-electron chi connectivity index (χ0n) is 14.9. The molecule has 1 heterocycles. The van der Waals surface area contributed by atoms with Gasteiger partial charge in [0, 0.05) is 29.8 Å². The van der Waals surface area contributed by atoms with Crippen molar-refractivity contribution in [3.05, 3.63) is 58.6 Å². The molecule has 4 nitrogen and oxygen atoms in total. The molecule has 0 amide bonds. The highest BCUT2D eigenvalue weighted by Crippen LogP contribution is 2.19. The number of halogens is 1. The van der Waals surface area contributed by atoms with Crippen molar-refractivity contribution >= 4 is 38.9 Å². The number of nitrogens with zero attached hydrogens (tertiary/aromatic N) is 1. The third-order valence-corrected chi connectivity index (χ3v) is 5.22. The first kappa shape index (κ1) is 19.1. The summed E-state index contributed by atoms with van der Waals surface area (Å²) in [6.07, 6.45) is 2.52. The molecule has 0 aliphatic carbocycles. The Morgan fingerprint density at radius 3 is 2.42 bits per heavy atom. The van der Waals surface area contributed by atoms with Crippen LogP contribution in [-0.2, 0) is 6.54 Å². The number of hydrogen-bond donors (Lipinski definition) is 2. The van der Waals surface area contributed by atoms with Gasteiger partial charge in [-0.2, -0.15) is 0 Å². The summed E-state index contributed by atoms with van der Waals surface area (Å²) in [6, 6.07) is 16.2. The second-order valence-electron chi connectivity index (χ2n) is 6.58. The van der Waals surface area contributed by atoms with E-state index in [1.807, 2.05) is 36.4 Å². The number of rotatable bonds is 5. The van der Waals surface area contributed by atoms with Crippen LogP contribution in [0.5, 0.6) is 5.75 Å². The fourth-order valence-electron chi connectivity index (χ4n) is 2.87. The maximum absolute atomic E-state index is 6.08. The molecule has 1 aliphatic heterocycles. The number of nitrogens with one attached hydrogen (secondary N) is 2. The Labute approximate surface area is 169 Å². The molecule has 0 radical (unpaired) electrons. The zero-order valence-corrected chi connectivity index (χ0v) is 17.3. The predicted molar refractivity (Wildman–Crippen MR) is 115 cm³/mol. The van der Waals surface area contributed by atoms with E-state index in [4.69, 9.17) is 17.0 Å². The van der Waals surface area contributed by atoms with Gasteiger partial charge < -0.3 is 20.3 Å². The quantitative estimate of drug-likeness (QED) is 0.682. The van der Waals surface area contributed by atoms with Gasteiger partial charge in [-0.3, -0.25) is 0 Å². The van der Waals surface area contributed by atoms with Crippen molar-refractivity contribution < 1.29 is 4.74 Å². The molecule has 0 unspecified atom stereocenters. The first-order valence-corrected chi connectivity index (χ1v) is 10.0. The second-order valence-corrected chi connectivity index (χ2v) is 7.90. The van der Waals surface area contributed by atoms with E-state index in [-0.39, 0.29) is 0 Å². The van der Waals surface area contributed by atoms with Gasteiger partial charge in [0.1, 0.15) is 11.9 Å². The highest BCUT2D eigenvalue weighted by molar-refractivity contribution is 9.10. The number of ether oxygens (including phenoxy) is 1. The number of hydrogen-bond acceptors (Lipinski definition) is 3. The average molecular weight is 434 g/mol. The fourth-order valence-corrected chi connectivity index (χ4v) is 3.33. The average Bonchev–Trinajstić information content (AvgIpc) is 2.65. The van der Waals surface area contributed by atoms with E-state index in [0.29, 0.717) is 17.8 Å². The molecule has 0 aromatic heterocycles. The molecule has 1 aliphatic rings. The van der Waals surface area contributed by atoms with Crippen molar-refractivity contribution in [2.45, 2.75) is 25.5 Å². The summed E-state index contributed by atoms with van der Waals surface area (Å²) >= 11 is 8.77. The van der Waals surface area contributed by atoms with Gasteiger partial charge in [0.15, 0.2) is 5.11 Å². The van der Waals surface area contributed by atoms with Gasteiger partial charge in [-0.1, -0.05) is 28.1 Å². The summed E-state index contributed by atoms with van der Waals surface area (Å²) in [7, 11) is 2.16. The minimum atomic E-state index is 0.331. The lowest BCUT2D eigenvalue weighted by atomic mass is 10.1. The standard InChI is InChI=1S/C20H24BrN3OS/c1-24-12-10-19(11-13-24)25-18-8-2-15(3-9-18)14-22-20(26)23-17-6-4-16(21)5-7-17/h2-9,19H,10-14H2,1H3,(H2,22,23,26). The van der Waals surface area contributed by atoms with Crippen molar-refractivity contribution in [3.63, 3.8) is 0 Å². The van der Waals surface area contributed by atoms with E-state index in [2.05, 4.69) is 50.6 Å². The molecule has 2 N–H and O–H groups in total. The molecule has 2 aromatic rings. The summed E-state index contributed by atoms with van der Waals surface area (Å²) < 4.78 is 7.13. The van der Waals surface area contributed by atoms with Gasteiger partial charge in [0.25, 0.3) is 0 Å². The maximum Gasteiger partial charge on any atom is 0.171 e. The molecular weight excluding hydrogens is 410 g/mol. The molecule has 3 rings (SSSR count). The van der Waals surface area contributed by atoms with Crippen LogP contribution in [0.1, 0.15) is 18.4 Å². The van der Waals surface area contributed by atoms with Gasteiger partial charge in [0.05, 0.1) is 0 Å². The molecule has 1 saturated heterocycles. The monoisotopic (exact) mass is 433 g/mol. The number of likely N-dealkylation sites (tertiary alicyclic amines) is 1. The van der Waals surface area contributed by atoms with Crippen LogP contribution in [0.25, 0.3) is 0 Å². The smallest absolute Gasteiger partial charge is 0.171 e. The Balaban J connectivity index is 1.43. The lowest BCUT2D eigenvalue weighted by molar-refractivity contribution is 0.114. The van der Waals surface area contributed by atoms with Gasteiger partial charge in [-0.15, -0.1) is 0 Å². The molecule has 1 fully saturated rings. The van der Waals surface area contributed by atoms with Gasteiger partial charge >= 0.3 is 0 Å². The van der Waals surface area contributed by atoms with Crippen molar-refractivity contribution in [1.82, 2.24) is 10.2 Å². The fraction of sp³-hybridized carbons (Fsp3) is 0.350. The molecule has 138 valence electrons. The van der Waals surface area contributed by atoms with Crippen LogP contribution in [-0.4, -0.2) is 36.3 Å². The summed E-state index contributed by atoms with van der Waals surface area (Å²) in [5.74, 6) is 0.943. The molecule has 0 saturated carbocycles. The molecule has 6 heteroatoms. The first-order valence-electron chi connectivity index (χ1n) is 8.83. The number of thiocarbonyl (C=S) groups is 1. The van der Waals surface area contributed by atoms with E-state index in [9.17, 15) is 0 Å². The second kappa shape index (κ2) is 9.35. The van der Waals surface area contributed by atoms with Crippen molar-refractivity contribution in [1.29, 1.82) is 0 Å². The van der Waals surface area contributed by atoms with Crippen molar-refractivity contribution in [2.75, 3.05) is 25.5 Å². The van der Waals surface area contributed by atoms with E-state index < -0.39 is 0 Å². The summed E-state index contributed by atoms with van der Waals surface area (Å²) in [6.45, 7) is 2.89. The topological polar surface area (TPSA) is 36.5 Å². The van der Waals surface area contributed by atoms with Gasteiger partial charge in [-0.05, 0) is 74.1 Å². The Morgan fingerprint density at radius 2 is 1.77 bits per heavy atom. The van der Waals surface area contributed by atoms with Crippen LogP contribution >= 0.6 is 28.1 Å². The molecule has 0 bridgehead atoms. The Kier molecular flexibility index (Phi) is 6.88. The number of piperidine rings is 1. The zero-order chi connectivity index (χ0) is 18.4. The Morgan fingerprint density at radius 1 is 1.12 bits per heavy atom. The first-order chi connectivity index (χ1) is 12.6. The molecule has 0 spiro atoms. The maximum atomic E-state index is 6.08. The summed E-state index contributed by atoms with van der Waals surface area (Å²) in [4.78, 5) is 2.35. The van der Waals surface area contributed by atoms with Crippen LogP contribution in [0.15, 0.2) is 53.0 Å². The number of benzene rings is 2. The SMILES string of the molecule is CN1CCC(Oc2ccc(CNC(=S)Nc3ccc(Br)cc3)cc2)CC1. The predicted octanol–water partition coefficient (Wildman–Crippen LogP) is 4.41.